The zero-order valence-corrected chi connectivity index (χ0v) is 5.29. The molecule has 2 nitrogen and oxygen atoms in total. The first-order valence-corrected chi connectivity index (χ1v) is 2.59. The van der Waals surface area contributed by atoms with Crippen LogP contribution in [0.15, 0.2) is 24.5 Å². The van der Waals surface area contributed by atoms with Crippen molar-refractivity contribution in [1.29, 1.82) is 0 Å². The number of hydrogen-bond donors (Lipinski definition) is 0. The molecule has 0 spiro atoms. The topological polar surface area (TPSA) is 25.8 Å². The van der Waals surface area contributed by atoms with Crippen molar-refractivity contribution in [1.82, 2.24) is 10.2 Å². The third kappa shape index (κ3) is 17.7. The van der Waals surface area contributed by atoms with Crippen molar-refractivity contribution in [2.24, 2.45) is 0 Å². The van der Waals surface area contributed by atoms with Gasteiger partial charge in [0.05, 0.1) is 0 Å². The van der Waals surface area contributed by atoms with Gasteiger partial charge in [0.1, 0.15) is 0 Å². The predicted octanol–water partition coefficient (Wildman–Crippen LogP) is 1.89. The maximum atomic E-state index is 9.75. The second kappa shape index (κ2) is 4.65. The van der Waals surface area contributed by atoms with Crippen LogP contribution >= 0.6 is 0 Å². The van der Waals surface area contributed by atoms with Crippen molar-refractivity contribution < 1.29 is 18.7 Å². The lowest BCUT2D eigenvalue weighted by Gasteiger charge is -1.94. The number of nitrogens with zero attached hydrogens (tertiary/aromatic N) is 2. The van der Waals surface area contributed by atoms with Crippen LogP contribution < -0.4 is 0 Å². The summed E-state index contributed by atoms with van der Waals surface area (Å²) < 4.78 is 39.0. The van der Waals surface area contributed by atoms with E-state index >= 15 is 0 Å². The van der Waals surface area contributed by atoms with Crippen LogP contribution in [0.3, 0.4) is 0 Å². The summed E-state index contributed by atoms with van der Waals surface area (Å²) in [6.45, 7) is 0. The van der Waals surface area contributed by atoms with Gasteiger partial charge in [-0.1, -0.05) is 0 Å². The summed E-state index contributed by atoms with van der Waals surface area (Å²) >= 11 is 0. The van der Waals surface area contributed by atoms with Crippen LogP contribution in [0, 0.1) is 0 Å². The monoisotopic (exact) mass is 168 g/mol. The Bertz CT molecular complexity index is 149. The Morgan fingerprint density at radius 3 is 1.27 bits per heavy atom. The molecule has 0 atom stereocenters. The molecule has 0 aliphatic rings. The van der Waals surface area contributed by atoms with Gasteiger partial charge in [0, 0.05) is 12.4 Å². The summed E-state index contributed by atoms with van der Waals surface area (Å²) in [7, 11) is -6.00. The van der Waals surface area contributed by atoms with E-state index in [2.05, 4.69) is 10.2 Å². The minimum atomic E-state index is -6.00. The molecular formula is C4H5BF4N2. The molecule has 1 heterocycles. The van der Waals surface area contributed by atoms with E-state index in [1.807, 2.05) is 12.1 Å². The van der Waals surface area contributed by atoms with Gasteiger partial charge < -0.3 is 17.3 Å². The van der Waals surface area contributed by atoms with Crippen LogP contribution in [0.2, 0.25) is 0 Å². The molecule has 11 heavy (non-hydrogen) atoms. The van der Waals surface area contributed by atoms with E-state index in [1.54, 1.807) is 12.4 Å². The molecule has 0 N–H and O–H groups in total. The Labute approximate surface area is 61.8 Å². The van der Waals surface area contributed by atoms with Crippen LogP contribution in [0.4, 0.5) is 17.3 Å². The lowest BCUT2D eigenvalue weighted by molar-refractivity contribution is 0.368. The second-order valence-electron chi connectivity index (χ2n) is 1.41. The molecule has 0 bridgehead atoms. The van der Waals surface area contributed by atoms with E-state index in [4.69, 9.17) is 0 Å². The molecule has 0 fully saturated rings. The highest BCUT2D eigenvalue weighted by molar-refractivity contribution is 6.50. The van der Waals surface area contributed by atoms with Crippen LogP contribution in [0.25, 0.3) is 0 Å². The SMILES string of the molecule is F[B-](F)(F)F.[H+].c1ccnnc1. The summed E-state index contributed by atoms with van der Waals surface area (Å²) in [6, 6.07) is 3.65. The quantitative estimate of drug-likeness (QED) is 0.436. The molecule has 0 saturated heterocycles. The third-order valence-electron chi connectivity index (χ3n) is 0.483. The van der Waals surface area contributed by atoms with Gasteiger partial charge in [-0.15, -0.1) is 0 Å². The highest BCUT2D eigenvalue weighted by Gasteiger charge is 2.20. The van der Waals surface area contributed by atoms with Crippen molar-refractivity contribution in [2.75, 3.05) is 0 Å². The zero-order chi connectivity index (χ0) is 8.74. The van der Waals surface area contributed by atoms with Crippen molar-refractivity contribution >= 4 is 7.25 Å². The summed E-state index contributed by atoms with van der Waals surface area (Å²) in [5, 5.41) is 7.07. The normalized spacial score (nSPS) is 9.82. The minimum Gasteiger partial charge on any atom is -0.418 e. The highest BCUT2D eigenvalue weighted by Crippen LogP contribution is 2.06. The van der Waals surface area contributed by atoms with Gasteiger partial charge in [-0.3, -0.25) is 0 Å². The van der Waals surface area contributed by atoms with Crippen molar-refractivity contribution in [2.45, 2.75) is 0 Å². The predicted molar refractivity (Wildman–Crippen MR) is 33.3 cm³/mol. The average molecular weight is 168 g/mol. The average Bonchev–Trinajstić information content (AvgIpc) is 1.88. The highest BCUT2D eigenvalue weighted by atomic mass is 19.5. The molecule has 62 valence electrons. The molecule has 0 aliphatic carbocycles. The van der Waals surface area contributed by atoms with Gasteiger partial charge >= 0.3 is 8.68 Å². The first kappa shape index (κ1) is 9.86. The second-order valence-corrected chi connectivity index (χ2v) is 1.41. The molecule has 0 amide bonds. The molecule has 0 aromatic carbocycles. The lowest BCUT2D eigenvalue weighted by Crippen LogP contribution is -2.02. The molecule has 1 rings (SSSR count). The first-order valence-electron chi connectivity index (χ1n) is 2.59. The molecule has 0 aliphatic heterocycles. The van der Waals surface area contributed by atoms with Crippen LogP contribution in [-0.2, 0) is 0 Å². The Hall–Kier alpha value is -1.14. The maximum Gasteiger partial charge on any atom is 1.00 e. The molecule has 0 unspecified atom stereocenters. The third-order valence-corrected chi connectivity index (χ3v) is 0.483. The Kier molecular flexibility index (Phi) is 4.17. The van der Waals surface area contributed by atoms with Gasteiger partial charge in [-0.2, -0.15) is 10.2 Å². The molecule has 1 aromatic heterocycles. The first-order chi connectivity index (χ1) is 5.00. The number of halogens is 4. The minimum absolute atomic E-state index is 0. The summed E-state index contributed by atoms with van der Waals surface area (Å²) in [4.78, 5) is 0. The number of aromatic nitrogens is 2. The lowest BCUT2D eigenvalue weighted by atomic mass is 10.3. The van der Waals surface area contributed by atoms with Crippen molar-refractivity contribution in [3.05, 3.63) is 24.5 Å². The molecule has 0 saturated carbocycles. The summed E-state index contributed by atoms with van der Waals surface area (Å²) in [6.07, 6.45) is 3.28. The molecule has 7 heteroatoms. The van der Waals surface area contributed by atoms with Gasteiger partial charge in [-0.05, 0) is 12.1 Å². The Morgan fingerprint density at radius 1 is 0.909 bits per heavy atom. The van der Waals surface area contributed by atoms with E-state index in [1.165, 1.54) is 0 Å². The molecular weight excluding hydrogens is 163 g/mol. The number of hydrogen-bond acceptors (Lipinski definition) is 2. The van der Waals surface area contributed by atoms with Crippen molar-refractivity contribution in [3.63, 3.8) is 0 Å². The summed E-state index contributed by atoms with van der Waals surface area (Å²) in [5.74, 6) is 0. The van der Waals surface area contributed by atoms with Crippen LogP contribution in [0.1, 0.15) is 1.43 Å². The summed E-state index contributed by atoms with van der Waals surface area (Å²) in [5.41, 5.74) is 0. The van der Waals surface area contributed by atoms with E-state index in [9.17, 15) is 17.3 Å². The fraction of sp³-hybridized carbons (Fsp3) is 0. The van der Waals surface area contributed by atoms with Gasteiger partial charge in [-0.25, -0.2) is 0 Å². The van der Waals surface area contributed by atoms with Gasteiger partial charge in [0.15, 0.2) is 0 Å². The number of rotatable bonds is 0. The van der Waals surface area contributed by atoms with Gasteiger partial charge in [0.25, 0.3) is 0 Å². The van der Waals surface area contributed by atoms with E-state index in [0.29, 0.717) is 0 Å². The van der Waals surface area contributed by atoms with Crippen molar-refractivity contribution in [3.8, 4) is 0 Å². The van der Waals surface area contributed by atoms with Crippen LogP contribution in [-0.4, -0.2) is 17.5 Å². The van der Waals surface area contributed by atoms with E-state index in [0.717, 1.165) is 0 Å². The van der Waals surface area contributed by atoms with E-state index < -0.39 is 7.25 Å². The molecule has 1 aromatic rings. The molecule has 0 radical (unpaired) electrons. The van der Waals surface area contributed by atoms with Gasteiger partial charge in [0.2, 0.25) is 0 Å². The fourth-order valence-corrected chi connectivity index (χ4v) is 0.253. The standard InChI is InChI=1S/C4H4N2.BF4/c1-2-4-6-5-3-1;2-1(3,4)5/h1-4H;/q;-1/p+1. The van der Waals surface area contributed by atoms with E-state index in [-0.39, 0.29) is 1.43 Å². The smallest absolute Gasteiger partial charge is 0.418 e. The maximum absolute atomic E-state index is 9.75. The fourth-order valence-electron chi connectivity index (χ4n) is 0.253. The zero-order valence-electron chi connectivity index (χ0n) is 6.29. The largest absolute Gasteiger partial charge is 1.00 e. The Morgan fingerprint density at radius 2 is 1.18 bits per heavy atom. The Balaban J connectivity index is 0. The van der Waals surface area contributed by atoms with Crippen LogP contribution in [0.5, 0.6) is 0 Å².